The highest BCUT2D eigenvalue weighted by Crippen LogP contribution is 2.27. The number of hydrogen-bond donors (Lipinski definition) is 1. The van der Waals surface area contributed by atoms with Crippen molar-refractivity contribution in [2.45, 2.75) is 20.8 Å². The molecule has 2 N–H and O–H groups in total. The second-order valence-electron chi connectivity index (χ2n) is 5.19. The highest BCUT2D eigenvalue weighted by atomic mass is 15.3. The number of hydrogen-bond acceptors (Lipinski definition) is 4. The van der Waals surface area contributed by atoms with Crippen molar-refractivity contribution in [1.29, 1.82) is 0 Å². The summed E-state index contributed by atoms with van der Waals surface area (Å²) in [7, 11) is 0. The van der Waals surface area contributed by atoms with Gasteiger partial charge in [0, 0.05) is 11.3 Å². The van der Waals surface area contributed by atoms with Crippen LogP contribution in [0.15, 0.2) is 36.7 Å². The molecular formula is C16H17N5. The molecule has 3 aromatic rings. The summed E-state index contributed by atoms with van der Waals surface area (Å²) in [5.41, 5.74) is 11.6. The van der Waals surface area contributed by atoms with Gasteiger partial charge in [-0.2, -0.15) is 5.10 Å². The maximum atomic E-state index is 5.61. The van der Waals surface area contributed by atoms with Crippen LogP contribution in [0.5, 0.6) is 0 Å². The minimum Gasteiger partial charge on any atom is -0.382 e. The summed E-state index contributed by atoms with van der Waals surface area (Å²) in [6, 6.07) is 8.26. The van der Waals surface area contributed by atoms with Crippen molar-refractivity contribution in [1.82, 2.24) is 19.7 Å². The summed E-state index contributed by atoms with van der Waals surface area (Å²) in [6.07, 6.45) is 3.26. The summed E-state index contributed by atoms with van der Waals surface area (Å²) in [4.78, 5) is 8.50. The minimum atomic E-state index is 0.415. The second-order valence-corrected chi connectivity index (χ2v) is 5.19. The first-order valence-electron chi connectivity index (χ1n) is 6.77. The summed E-state index contributed by atoms with van der Waals surface area (Å²) < 4.78 is 1.94. The van der Waals surface area contributed by atoms with E-state index in [1.54, 1.807) is 12.4 Å². The van der Waals surface area contributed by atoms with E-state index in [-0.39, 0.29) is 0 Å². The molecular weight excluding hydrogens is 262 g/mol. The molecule has 0 saturated heterocycles. The van der Waals surface area contributed by atoms with Gasteiger partial charge in [0.25, 0.3) is 0 Å². The number of nitrogens with two attached hydrogens (primary N) is 1. The van der Waals surface area contributed by atoms with Crippen LogP contribution in [-0.4, -0.2) is 19.7 Å². The molecule has 21 heavy (non-hydrogen) atoms. The topological polar surface area (TPSA) is 69.6 Å². The Bertz CT molecular complexity index is 787. The van der Waals surface area contributed by atoms with Gasteiger partial charge in [-0.25, -0.2) is 9.67 Å². The molecule has 0 atom stereocenters. The summed E-state index contributed by atoms with van der Waals surface area (Å²) in [5.74, 6) is 0.415. The molecule has 0 radical (unpaired) electrons. The van der Waals surface area contributed by atoms with Gasteiger partial charge in [-0.15, -0.1) is 0 Å². The van der Waals surface area contributed by atoms with Crippen molar-refractivity contribution < 1.29 is 0 Å². The fourth-order valence-corrected chi connectivity index (χ4v) is 2.38. The van der Waals surface area contributed by atoms with Gasteiger partial charge in [0.1, 0.15) is 5.82 Å². The van der Waals surface area contributed by atoms with Crippen molar-refractivity contribution in [3.63, 3.8) is 0 Å². The predicted molar refractivity (Wildman–Crippen MR) is 83.2 cm³/mol. The highest BCUT2D eigenvalue weighted by molar-refractivity contribution is 5.70. The fraction of sp³-hybridized carbons (Fsp3) is 0.188. The molecule has 5 heteroatoms. The van der Waals surface area contributed by atoms with Crippen molar-refractivity contribution in [3.8, 4) is 16.9 Å². The van der Waals surface area contributed by atoms with Gasteiger partial charge in [-0.05, 0) is 38.5 Å². The number of rotatable bonds is 2. The molecule has 106 valence electrons. The van der Waals surface area contributed by atoms with E-state index in [4.69, 9.17) is 5.73 Å². The van der Waals surface area contributed by atoms with E-state index in [0.29, 0.717) is 5.82 Å². The quantitative estimate of drug-likeness (QED) is 0.783. The summed E-state index contributed by atoms with van der Waals surface area (Å²) in [5, 5.41) is 4.57. The first kappa shape index (κ1) is 13.3. The van der Waals surface area contributed by atoms with Gasteiger partial charge in [-0.3, -0.25) is 4.98 Å². The molecule has 5 nitrogen and oxygen atoms in total. The van der Waals surface area contributed by atoms with Gasteiger partial charge >= 0.3 is 0 Å². The van der Waals surface area contributed by atoms with Crippen LogP contribution in [0.4, 0.5) is 5.82 Å². The van der Waals surface area contributed by atoms with E-state index in [1.165, 1.54) is 5.56 Å². The monoisotopic (exact) mass is 279 g/mol. The summed E-state index contributed by atoms with van der Waals surface area (Å²) in [6.45, 7) is 6.09. The minimum absolute atomic E-state index is 0.415. The van der Waals surface area contributed by atoms with Crippen molar-refractivity contribution in [2.24, 2.45) is 0 Å². The molecule has 0 aliphatic rings. The Morgan fingerprint density at radius 2 is 1.81 bits per heavy atom. The largest absolute Gasteiger partial charge is 0.382 e. The predicted octanol–water partition coefficient (Wildman–Crippen LogP) is 2.84. The Labute approximate surface area is 123 Å². The SMILES string of the molecule is Cc1ccc(-c2cnc(N)cn2)c(-n2nc(C)cc2C)c1. The zero-order valence-electron chi connectivity index (χ0n) is 12.3. The van der Waals surface area contributed by atoms with Gasteiger partial charge < -0.3 is 5.73 Å². The van der Waals surface area contributed by atoms with Crippen LogP contribution in [0.2, 0.25) is 0 Å². The van der Waals surface area contributed by atoms with Crippen molar-refractivity contribution >= 4 is 5.82 Å². The third-order valence-electron chi connectivity index (χ3n) is 3.34. The van der Waals surface area contributed by atoms with Gasteiger partial charge in [-0.1, -0.05) is 12.1 Å². The standard InChI is InChI=1S/C16H17N5/c1-10-4-5-13(14-8-19-16(17)9-18-14)15(6-10)21-12(3)7-11(2)20-21/h4-9H,1-3H3,(H2,17,19). The van der Waals surface area contributed by atoms with Crippen LogP contribution >= 0.6 is 0 Å². The fourth-order valence-electron chi connectivity index (χ4n) is 2.38. The van der Waals surface area contributed by atoms with Gasteiger partial charge in [0.05, 0.1) is 29.5 Å². The average molecular weight is 279 g/mol. The van der Waals surface area contributed by atoms with E-state index in [9.17, 15) is 0 Å². The lowest BCUT2D eigenvalue weighted by molar-refractivity contribution is 0.833. The van der Waals surface area contributed by atoms with Crippen molar-refractivity contribution in [3.05, 3.63) is 53.6 Å². The van der Waals surface area contributed by atoms with E-state index in [2.05, 4.69) is 40.2 Å². The molecule has 1 aromatic carbocycles. The maximum Gasteiger partial charge on any atom is 0.141 e. The first-order valence-corrected chi connectivity index (χ1v) is 6.77. The lowest BCUT2D eigenvalue weighted by Crippen LogP contribution is -2.03. The third-order valence-corrected chi connectivity index (χ3v) is 3.34. The number of nitrogen functional groups attached to an aromatic ring is 1. The molecule has 2 aromatic heterocycles. The van der Waals surface area contributed by atoms with Crippen LogP contribution in [0.3, 0.4) is 0 Å². The Kier molecular flexibility index (Phi) is 3.17. The normalized spacial score (nSPS) is 10.8. The van der Waals surface area contributed by atoms with Crippen LogP contribution in [0, 0.1) is 20.8 Å². The first-order chi connectivity index (χ1) is 10.0. The molecule has 3 rings (SSSR count). The number of nitrogens with zero attached hydrogens (tertiary/aromatic N) is 4. The van der Waals surface area contributed by atoms with E-state index in [0.717, 1.165) is 28.3 Å². The maximum absolute atomic E-state index is 5.61. The number of aromatic nitrogens is 4. The van der Waals surface area contributed by atoms with E-state index < -0.39 is 0 Å². The molecule has 0 saturated carbocycles. The second kappa shape index (κ2) is 5.01. The molecule has 2 heterocycles. The third kappa shape index (κ3) is 2.50. The number of aryl methyl sites for hydroxylation is 3. The van der Waals surface area contributed by atoms with Gasteiger partial charge in [0.2, 0.25) is 0 Å². The van der Waals surface area contributed by atoms with E-state index >= 15 is 0 Å². The highest BCUT2D eigenvalue weighted by Gasteiger charge is 2.12. The molecule has 0 bridgehead atoms. The Morgan fingerprint density at radius 1 is 1.00 bits per heavy atom. The Morgan fingerprint density at radius 3 is 2.43 bits per heavy atom. The number of benzene rings is 1. The van der Waals surface area contributed by atoms with Crippen molar-refractivity contribution in [2.75, 3.05) is 5.73 Å². The zero-order chi connectivity index (χ0) is 15.0. The lowest BCUT2D eigenvalue weighted by atomic mass is 10.1. The average Bonchev–Trinajstić information content (AvgIpc) is 2.79. The molecule has 0 aliphatic carbocycles. The molecule has 0 fully saturated rings. The van der Waals surface area contributed by atoms with Crippen LogP contribution in [0.1, 0.15) is 17.0 Å². The van der Waals surface area contributed by atoms with Gasteiger partial charge in [0.15, 0.2) is 0 Å². The Hall–Kier alpha value is -2.69. The lowest BCUT2D eigenvalue weighted by Gasteiger charge is -2.12. The van der Waals surface area contributed by atoms with Crippen LogP contribution in [0.25, 0.3) is 16.9 Å². The number of anilines is 1. The molecule has 0 aliphatic heterocycles. The Balaban J connectivity index is 2.22. The van der Waals surface area contributed by atoms with E-state index in [1.807, 2.05) is 24.6 Å². The van der Waals surface area contributed by atoms with Crippen LogP contribution < -0.4 is 5.73 Å². The molecule has 0 amide bonds. The van der Waals surface area contributed by atoms with Crippen LogP contribution in [-0.2, 0) is 0 Å². The molecule has 0 spiro atoms. The smallest absolute Gasteiger partial charge is 0.141 e. The zero-order valence-corrected chi connectivity index (χ0v) is 12.3. The molecule has 0 unspecified atom stereocenters. The summed E-state index contributed by atoms with van der Waals surface area (Å²) >= 11 is 0.